The molecular formula is C13H19BrN2O. The van der Waals surface area contributed by atoms with Crippen LogP contribution in [-0.4, -0.2) is 43.2 Å². The van der Waals surface area contributed by atoms with Gasteiger partial charge in [-0.2, -0.15) is 0 Å². The summed E-state index contributed by atoms with van der Waals surface area (Å²) in [4.78, 5) is 4.78. The number of hydrogen-bond acceptors (Lipinski definition) is 3. The number of benzene rings is 1. The van der Waals surface area contributed by atoms with Crippen LogP contribution in [0.2, 0.25) is 0 Å². The van der Waals surface area contributed by atoms with Gasteiger partial charge >= 0.3 is 0 Å². The van der Waals surface area contributed by atoms with Crippen molar-refractivity contribution >= 4 is 21.6 Å². The molecule has 17 heavy (non-hydrogen) atoms. The van der Waals surface area contributed by atoms with Crippen LogP contribution in [0.15, 0.2) is 22.7 Å². The van der Waals surface area contributed by atoms with Gasteiger partial charge in [-0.15, -0.1) is 0 Å². The van der Waals surface area contributed by atoms with E-state index in [9.17, 15) is 0 Å². The molecule has 1 fully saturated rings. The lowest BCUT2D eigenvalue weighted by Gasteiger charge is -2.24. The summed E-state index contributed by atoms with van der Waals surface area (Å²) in [7, 11) is 2.17. The number of anilines is 1. The maximum atomic E-state index is 9.10. The number of aliphatic hydroxyl groups is 1. The summed E-state index contributed by atoms with van der Waals surface area (Å²) in [5, 5.41) is 9.10. The predicted octanol–water partition coefficient (Wildman–Crippen LogP) is 2.08. The van der Waals surface area contributed by atoms with Gasteiger partial charge in [0.25, 0.3) is 0 Å². The van der Waals surface area contributed by atoms with Gasteiger partial charge in [-0.05, 0) is 53.6 Å². The molecule has 3 nitrogen and oxygen atoms in total. The molecule has 1 aromatic carbocycles. The van der Waals surface area contributed by atoms with Gasteiger partial charge in [0.15, 0.2) is 0 Å². The number of halogens is 1. The van der Waals surface area contributed by atoms with Crippen molar-refractivity contribution in [3.63, 3.8) is 0 Å². The topological polar surface area (TPSA) is 26.7 Å². The Morgan fingerprint density at radius 3 is 2.76 bits per heavy atom. The van der Waals surface area contributed by atoms with Gasteiger partial charge < -0.3 is 14.9 Å². The number of aliphatic hydroxyl groups excluding tert-OH is 1. The normalized spacial score (nSPS) is 18.2. The first-order chi connectivity index (χ1) is 8.20. The van der Waals surface area contributed by atoms with Crippen molar-refractivity contribution in [3.05, 3.63) is 28.2 Å². The highest BCUT2D eigenvalue weighted by Gasteiger charge is 2.14. The molecule has 0 unspecified atom stereocenters. The van der Waals surface area contributed by atoms with E-state index in [-0.39, 0.29) is 6.61 Å². The minimum atomic E-state index is 0.0988. The summed E-state index contributed by atoms with van der Waals surface area (Å²) >= 11 is 3.60. The van der Waals surface area contributed by atoms with Gasteiger partial charge in [0.1, 0.15) is 0 Å². The predicted molar refractivity (Wildman–Crippen MR) is 74.4 cm³/mol. The molecule has 0 spiro atoms. The Bertz CT molecular complexity index is 384. The first kappa shape index (κ1) is 12.9. The van der Waals surface area contributed by atoms with Crippen molar-refractivity contribution in [2.24, 2.45) is 0 Å². The van der Waals surface area contributed by atoms with Crippen LogP contribution in [0.3, 0.4) is 0 Å². The molecule has 0 amide bonds. The van der Waals surface area contributed by atoms with Crippen LogP contribution in [0.1, 0.15) is 12.0 Å². The highest BCUT2D eigenvalue weighted by molar-refractivity contribution is 9.10. The Kier molecular flexibility index (Phi) is 4.42. The second kappa shape index (κ2) is 5.85. The Morgan fingerprint density at radius 2 is 2.06 bits per heavy atom. The third-order valence-electron chi connectivity index (χ3n) is 3.25. The van der Waals surface area contributed by atoms with Crippen LogP contribution >= 0.6 is 15.9 Å². The minimum absolute atomic E-state index is 0.0988. The molecule has 0 radical (unpaired) electrons. The largest absolute Gasteiger partial charge is 0.392 e. The molecule has 1 saturated heterocycles. The number of likely N-dealkylation sites (N-methyl/N-ethyl adjacent to an activating group) is 1. The second-order valence-electron chi connectivity index (χ2n) is 4.59. The summed E-state index contributed by atoms with van der Waals surface area (Å²) in [6.07, 6.45) is 1.20. The highest BCUT2D eigenvalue weighted by atomic mass is 79.9. The van der Waals surface area contributed by atoms with Crippen molar-refractivity contribution in [1.82, 2.24) is 4.90 Å². The van der Waals surface area contributed by atoms with Gasteiger partial charge in [-0.3, -0.25) is 0 Å². The number of nitrogens with zero attached hydrogens (tertiary/aromatic N) is 2. The van der Waals surface area contributed by atoms with Gasteiger partial charge in [-0.1, -0.05) is 6.07 Å². The molecule has 1 aliphatic rings. The maximum absolute atomic E-state index is 9.10. The van der Waals surface area contributed by atoms with Crippen LogP contribution in [0.5, 0.6) is 0 Å². The van der Waals surface area contributed by atoms with Gasteiger partial charge in [0, 0.05) is 24.1 Å². The fourth-order valence-corrected chi connectivity index (χ4v) is 2.87. The summed E-state index contributed by atoms with van der Waals surface area (Å²) in [5.41, 5.74) is 2.19. The standard InChI is InChI=1S/C13H19BrN2O/c1-15-5-2-6-16(8-7-15)13-4-3-11(10-17)9-12(13)14/h3-4,9,17H,2,5-8,10H2,1H3. The van der Waals surface area contributed by atoms with E-state index in [4.69, 9.17) is 5.11 Å². The van der Waals surface area contributed by atoms with Crippen molar-refractivity contribution in [2.75, 3.05) is 38.1 Å². The van der Waals surface area contributed by atoms with E-state index >= 15 is 0 Å². The van der Waals surface area contributed by atoms with E-state index in [1.165, 1.54) is 18.7 Å². The third-order valence-corrected chi connectivity index (χ3v) is 3.89. The SMILES string of the molecule is CN1CCCN(c2ccc(CO)cc2Br)CC1. The lowest BCUT2D eigenvalue weighted by Crippen LogP contribution is -2.28. The zero-order chi connectivity index (χ0) is 12.3. The molecule has 4 heteroatoms. The van der Waals surface area contributed by atoms with E-state index in [0.717, 1.165) is 29.7 Å². The summed E-state index contributed by atoms with van der Waals surface area (Å²) in [5.74, 6) is 0. The number of rotatable bonds is 2. The third kappa shape index (κ3) is 3.21. The van der Waals surface area contributed by atoms with E-state index in [1.807, 2.05) is 12.1 Å². The Hall–Kier alpha value is -0.580. The van der Waals surface area contributed by atoms with Gasteiger partial charge in [0.05, 0.1) is 12.3 Å². The molecule has 1 N–H and O–H groups in total. The van der Waals surface area contributed by atoms with Crippen molar-refractivity contribution < 1.29 is 5.11 Å². The second-order valence-corrected chi connectivity index (χ2v) is 5.44. The Morgan fingerprint density at radius 1 is 1.24 bits per heavy atom. The summed E-state index contributed by atoms with van der Waals surface area (Å²) in [6.45, 7) is 4.54. The van der Waals surface area contributed by atoms with Gasteiger partial charge in [-0.25, -0.2) is 0 Å². The first-order valence-corrected chi connectivity index (χ1v) is 6.83. The lowest BCUT2D eigenvalue weighted by atomic mass is 10.2. The van der Waals surface area contributed by atoms with Crippen LogP contribution in [0, 0.1) is 0 Å². The van der Waals surface area contributed by atoms with Crippen molar-refractivity contribution in [1.29, 1.82) is 0 Å². The first-order valence-electron chi connectivity index (χ1n) is 6.03. The maximum Gasteiger partial charge on any atom is 0.0682 e. The molecular weight excluding hydrogens is 280 g/mol. The molecule has 94 valence electrons. The quantitative estimate of drug-likeness (QED) is 0.906. The van der Waals surface area contributed by atoms with Crippen molar-refractivity contribution in [3.8, 4) is 0 Å². The van der Waals surface area contributed by atoms with E-state index in [2.05, 4.69) is 38.8 Å². The van der Waals surface area contributed by atoms with E-state index in [1.54, 1.807) is 0 Å². The minimum Gasteiger partial charge on any atom is -0.392 e. The molecule has 0 bridgehead atoms. The van der Waals surface area contributed by atoms with Gasteiger partial charge in [0.2, 0.25) is 0 Å². The summed E-state index contributed by atoms with van der Waals surface area (Å²) in [6, 6.07) is 6.10. The number of hydrogen-bond donors (Lipinski definition) is 1. The molecule has 1 aromatic rings. The average molecular weight is 299 g/mol. The molecule has 2 rings (SSSR count). The highest BCUT2D eigenvalue weighted by Crippen LogP contribution is 2.28. The smallest absolute Gasteiger partial charge is 0.0682 e. The fourth-order valence-electron chi connectivity index (χ4n) is 2.19. The molecule has 0 saturated carbocycles. The van der Waals surface area contributed by atoms with Crippen LogP contribution in [-0.2, 0) is 6.61 Å². The van der Waals surface area contributed by atoms with Crippen molar-refractivity contribution in [2.45, 2.75) is 13.0 Å². The van der Waals surface area contributed by atoms with Crippen LogP contribution in [0.4, 0.5) is 5.69 Å². The fraction of sp³-hybridized carbons (Fsp3) is 0.538. The molecule has 0 atom stereocenters. The molecule has 1 heterocycles. The Labute approximate surface area is 111 Å². The molecule has 0 aliphatic carbocycles. The molecule has 0 aromatic heterocycles. The zero-order valence-electron chi connectivity index (χ0n) is 10.2. The monoisotopic (exact) mass is 298 g/mol. The van der Waals surface area contributed by atoms with Crippen LogP contribution < -0.4 is 4.90 Å². The summed E-state index contributed by atoms with van der Waals surface area (Å²) < 4.78 is 1.08. The lowest BCUT2D eigenvalue weighted by molar-refractivity contribution is 0.282. The van der Waals surface area contributed by atoms with E-state index in [0.29, 0.717) is 0 Å². The molecule has 1 aliphatic heterocycles. The van der Waals surface area contributed by atoms with E-state index < -0.39 is 0 Å². The Balaban J connectivity index is 2.15. The van der Waals surface area contributed by atoms with Crippen LogP contribution in [0.25, 0.3) is 0 Å². The average Bonchev–Trinajstić information content (AvgIpc) is 2.54. The zero-order valence-corrected chi connectivity index (χ0v) is 11.8.